The predicted molar refractivity (Wildman–Crippen MR) is 68.8 cm³/mol. The molecular weight excluding hydrogens is 256 g/mol. The third kappa shape index (κ3) is 5.05. The molecule has 0 spiro atoms. The van der Waals surface area contributed by atoms with E-state index in [-0.39, 0.29) is 0 Å². The molecule has 3 N–H and O–H groups in total. The lowest BCUT2D eigenvalue weighted by Crippen LogP contribution is -2.44. The Labute approximate surface area is 110 Å². The monoisotopic (exact) mass is 270 g/mol. The Morgan fingerprint density at radius 3 is 2.50 bits per heavy atom. The first kappa shape index (κ1) is 14.3. The molecule has 5 nitrogen and oxygen atoms in total. The number of carboxylic acids is 1. The number of carboxylic acid groups (broad SMARTS) is 1. The number of urea groups is 1. The molecule has 0 saturated heterocycles. The summed E-state index contributed by atoms with van der Waals surface area (Å²) in [7, 11) is 0. The van der Waals surface area contributed by atoms with Gasteiger partial charge >= 0.3 is 12.0 Å². The first-order valence-electron chi connectivity index (χ1n) is 5.50. The molecule has 0 heterocycles. The van der Waals surface area contributed by atoms with E-state index in [1.165, 1.54) is 6.92 Å². The largest absolute Gasteiger partial charge is 0.480 e. The van der Waals surface area contributed by atoms with Gasteiger partial charge in [0.2, 0.25) is 0 Å². The fraction of sp³-hybridized carbons (Fsp3) is 0.333. The molecule has 98 valence electrons. The van der Waals surface area contributed by atoms with Gasteiger partial charge < -0.3 is 15.7 Å². The number of carbonyl (C=O) groups excluding carboxylic acids is 1. The van der Waals surface area contributed by atoms with E-state index < -0.39 is 18.0 Å². The van der Waals surface area contributed by atoms with Gasteiger partial charge in [-0.2, -0.15) is 0 Å². The maximum Gasteiger partial charge on any atom is 0.325 e. The number of nitrogens with one attached hydrogen (secondary N) is 2. The minimum Gasteiger partial charge on any atom is -0.480 e. The summed E-state index contributed by atoms with van der Waals surface area (Å²) in [5.74, 6) is -1.07. The predicted octanol–water partition coefficient (Wildman–Crippen LogP) is 1.65. The molecule has 0 aromatic heterocycles. The van der Waals surface area contributed by atoms with Crippen LogP contribution in [0.25, 0.3) is 0 Å². The van der Waals surface area contributed by atoms with Crippen LogP contribution in [0.5, 0.6) is 0 Å². The van der Waals surface area contributed by atoms with Crippen LogP contribution < -0.4 is 10.6 Å². The van der Waals surface area contributed by atoms with E-state index in [0.717, 1.165) is 5.56 Å². The second kappa shape index (κ2) is 6.86. The number of halogens is 1. The van der Waals surface area contributed by atoms with Crippen LogP contribution in [0.15, 0.2) is 24.3 Å². The molecule has 1 aromatic rings. The molecular formula is C12H15ClN2O3. The van der Waals surface area contributed by atoms with Crippen LogP contribution in [0, 0.1) is 0 Å². The maximum atomic E-state index is 11.3. The number of rotatable bonds is 5. The van der Waals surface area contributed by atoms with Crippen molar-refractivity contribution in [2.24, 2.45) is 0 Å². The summed E-state index contributed by atoms with van der Waals surface area (Å²) in [6.07, 6.45) is 0.659. The van der Waals surface area contributed by atoms with Crippen LogP contribution in [0.1, 0.15) is 12.5 Å². The van der Waals surface area contributed by atoms with Crippen LogP contribution in [0.3, 0.4) is 0 Å². The van der Waals surface area contributed by atoms with E-state index >= 15 is 0 Å². The van der Waals surface area contributed by atoms with E-state index in [1.54, 1.807) is 12.1 Å². The fourth-order valence-corrected chi connectivity index (χ4v) is 1.41. The quantitative estimate of drug-likeness (QED) is 0.761. The van der Waals surface area contributed by atoms with Gasteiger partial charge in [0.25, 0.3) is 0 Å². The minimum atomic E-state index is -1.07. The third-order valence-corrected chi connectivity index (χ3v) is 2.58. The van der Waals surface area contributed by atoms with Crippen molar-refractivity contribution in [3.63, 3.8) is 0 Å². The van der Waals surface area contributed by atoms with E-state index in [2.05, 4.69) is 10.6 Å². The molecule has 0 aliphatic heterocycles. The van der Waals surface area contributed by atoms with E-state index in [0.29, 0.717) is 18.0 Å². The van der Waals surface area contributed by atoms with Crippen molar-refractivity contribution in [2.45, 2.75) is 19.4 Å². The van der Waals surface area contributed by atoms with Crippen LogP contribution in [0.4, 0.5) is 4.79 Å². The van der Waals surface area contributed by atoms with Gasteiger partial charge in [-0.15, -0.1) is 0 Å². The highest BCUT2D eigenvalue weighted by Gasteiger charge is 2.12. The zero-order valence-electron chi connectivity index (χ0n) is 9.94. The Kier molecular flexibility index (Phi) is 5.45. The highest BCUT2D eigenvalue weighted by Crippen LogP contribution is 2.09. The molecule has 0 aliphatic carbocycles. The molecule has 0 unspecified atom stereocenters. The summed E-state index contributed by atoms with van der Waals surface area (Å²) >= 11 is 5.75. The number of amides is 2. The lowest BCUT2D eigenvalue weighted by Gasteiger charge is -2.10. The van der Waals surface area contributed by atoms with E-state index in [1.807, 2.05) is 12.1 Å². The lowest BCUT2D eigenvalue weighted by atomic mass is 10.1. The van der Waals surface area contributed by atoms with E-state index in [4.69, 9.17) is 16.7 Å². The van der Waals surface area contributed by atoms with Gasteiger partial charge in [0.15, 0.2) is 0 Å². The average molecular weight is 271 g/mol. The van der Waals surface area contributed by atoms with Crippen LogP contribution >= 0.6 is 11.6 Å². The zero-order valence-corrected chi connectivity index (χ0v) is 10.7. The Bertz CT molecular complexity index is 420. The zero-order chi connectivity index (χ0) is 13.5. The Hall–Kier alpha value is -1.75. The standard InChI is InChI=1S/C12H15ClN2O3/c1-8(11(16)17)15-12(18)14-7-6-9-2-4-10(13)5-3-9/h2-5,8H,6-7H2,1H3,(H,16,17)(H2,14,15,18)/t8-/m1/s1. The van der Waals surface area contributed by atoms with Crippen molar-refractivity contribution in [3.05, 3.63) is 34.9 Å². The summed E-state index contributed by atoms with van der Waals surface area (Å²) in [6.45, 7) is 1.83. The normalized spacial score (nSPS) is 11.7. The van der Waals surface area contributed by atoms with Gasteiger partial charge in [-0.05, 0) is 31.0 Å². The summed E-state index contributed by atoms with van der Waals surface area (Å²) in [5, 5.41) is 14.2. The van der Waals surface area contributed by atoms with Crippen molar-refractivity contribution in [2.75, 3.05) is 6.54 Å². The molecule has 18 heavy (non-hydrogen) atoms. The SMILES string of the molecule is C[C@@H](NC(=O)NCCc1ccc(Cl)cc1)C(=O)O. The van der Waals surface area contributed by atoms with Gasteiger partial charge in [-0.3, -0.25) is 4.79 Å². The third-order valence-electron chi connectivity index (χ3n) is 2.33. The number of aliphatic carboxylic acids is 1. The van der Waals surface area contributed by atoms with E-state index in [9.17, 15) is 9.59 Å². The molecule has 2 amide bonds. The van der Waals surface area contributed by atoms with Gasteiger partial charge in [-0.1, -0.05) is 23.7 Å². The van der Waals surface area contributed by atoms with Crippen LogP contribution in [-0.4, -0.2) is 29.7 Å². The highest BCUT2D eigenvalue weighted by molar-refractivity contribution is 6.30. The van der Waals surface area contributed by atoms with Crippen LogP contribution in [0.2, 0.25) is 5.02 Å². The number of hydrogen-bond donors (Lipinski definition) is 3. The number of hydrogen-bond acceptors (Lipinski definition) is 2. The van der Waals surface area contributed by atoms with Crippen LogP contribution in [-0.2, 0) is 11.2 Å². The molecule has 1 rings (SSSR count). The molecule has 0 aliphatic rings. The number of carbonyl (C=O) groups is 2. The molecule has 6 heteroatoms. The Balaban J connectivity index is 2.27. The van der Waals surface area contributed by atoms with Gasteiger partial charge in [0.05, 0.1) is 0 Å². The summed E-state index contributed by atoms with van der Waals surface area (Å²) in [5.41, 5.74) is 1.05. The second-order valence-electron chi connectivity index (χ2n) is 3.84. The second-order valence-corrected chi connectivity index (χ2v) is 4.27. The number of benzene rings is 1. The summed E-state index contributed by atoms with van der Waals surface area (Å²) in [4.78, 5) is 21.8. The van der Waals surface area contributed by atoms with Crippen molar-refractivity contribution in [3.8, 4) is 0 Å². The summed E-state index contributed by atoms with van der Waals surface area (Å²) < 4.78 is 0. The molecule has 0 saturated carbocycles. The molecule has 0 bridgehead atoms. The Morgan fingerprint density at radius 1 is 1.33 bits per heavy atom. The van der Waals surface area contributed by atoms with Crippen molar-refractivity contribution in [1.29, 1.82) is 0 Å². The molecule has 0 radical (unpaired) electrons. The van der Waals surface area contributed by atoms with Gasteiger partial charge in [0.1, 0.15) is 6.04 Å². The Morgan fingerprint density at radius 2 is 1.94 bits per heavy atom. The average Bonchev–Trinajstić information content (AvgIpc) is 2.31. The summed E-state index contributed by atoms with van der Waals surface area (Å²) in [6, 6.07) is 5.93. The van der Waals surface area contributed by atoms with Gasteiger partial charge in [-0.25, -0.2) is 4.79 Å². The van der Waals surface area contributed by atoms with Crippen molar-refractivity contribution >= 4 is 23.6 Å². The maximum absolute atomic E-state index is 11.3. The minimum absolute atomic E-state index is 0.430. The molecule has 0 fully saturated rings. The van der Waals surface area contributed by atoms with Gasteiger partial charge in [0, 0.05) is 11.6 Å². The first-order chi connectivity index (χ1) is 8.49. The highest BCUT2D eigenvalue weighted by atomic mass is 35.5. The van der Waals surface area contributed by atoms with Crippen molar-refractivity contribution < 1.29 is 14.7 Å². The topological polar surface area (TPSA) is 78.4 Å². The lowest BCUT2D eigenvalue weighted by molar-refractivity contribution is -0.138. The van der Waals surface area contributed by atoms with Crippen molar-refractivity contribution in [1.82, 2.24) is 10.6 Å². The molecule has 1 atom stereocenters. The smallest absolute Gasteiger partial charge is 0.325 e. The first-order valence-corrected chi connectivity index (χ1v) is 5.88. The fourth-order valence-electron chi connectivity index (χ4n) is 1.28. The molecule has 1 aromatic carbocycles.